The molecule has 1 amide bonds. The lowest BCUT2D eigenvalue weighted by molar-refractivity contribution is -0.386. The van der Waals surface area contributed by atoms with Crippen LogP contribution in [0.1, 0.15) is 18.4 Å². The van der Waals surface area contributed by atoms with Crippen molar-refractivity contribution in [1.29, 1.82) is 0 Å². The number of amides is 1. The van der Waals surface area contributed by atoms with Crippen LogP contribution in [0.2, 0.25) is 0 Å². The molecule has 1 atom stereocenters. The van der Waals surface area contributed by atoms with E-state index in [1.165, 1.54) is 12.1 Å². The van der Waals surface area contributed by atoms with Gasteiger partial charge in [0.2, 0.25) is 0 Å². The summed E-state index contributed by atoms with van der Waals surface area (Å²) in [7, 11) is 0. The highest BCUT2D eigenvalue weighted by molar-refractivity contribution is 5.82. The van der Waals surface area contributed by atoms with Gasteiger partial charge in [-0.2, -0.15) is 13.2 Å². The minimum Gasteiger partial charge on any atom is -0.482 e. The average molecular weight is 332 g/mol. The topological polar surface area (TPSA) is 72.7 Å². The van der Waals surface area contributed by atoms with Gasteiger partial charge in [0.25, 0.3) is 0 Å². The maximum Gasteiger partial charge on any atom is 0.471 e. The highest BCUT2D eigenvalue weighted by atomic mass is 19.4. The van der Waals surface area contributed by atoms with Crippen LogP contribution >= 0.6 is 0 Å². The number of likely N-dealkylation sites (tertiary alicyclic amines) is 1. The lowest BCUT2D eigenvalue weighted by Crippen LogP contribution is -2.49. The summed E-state index contributed by atoms with van der Waals surface area (Å²) in [5.74, 6) is -1.91. The molecule has 126 valence electrons. The molecule has 1 aromatic rings. The fourth-order valence-electron chi connectivity index (χ4n) is 2.44. The Balaban J connectivity index is 2.13. The van der Waals surface area contributed by atoms with E-state index in [4.69, 9.17) is 4.74 Å². The third-order valence-corrected chi connectivity index (χ3v) is 3.51. The molecule has 0 saturated carbocycles. The largest absolute Gasteiger partial charge is 0.482 e. The minimum absolute atomic E-state index is 0.00121. The normalized spacial score (nSPS) is 18.6. The number of nitro benzene ring substituents is 1. The zero-order valence-corrected chi connectivity index (χ0v) is 12.3. The van der Waals surface area contributed by atoms with E-state index in [0.717, 1.165) is 5.56 Å². The summed E-state index contributed by atoms with van der Waals surface area (Å²) in [4.78, 5) is 22.3. The lowest BCUT2D eigenvalue weighted by Gasteiger charge is -2.33. The summed E-state index contributed by atoms with van der Waals surface area (Å²) >= 11 is 0. The fraction of sp³-hybridized carbons (Fsp3) is 0.500. The molecular formula is C14H15F3N2O4. The maximum atomic E-state index is 12.5. The van der Waals surface area contributed by atoms with Crippen LogP contribution in [0.3, 0.4) is 0 Å². The van der Waals surface area contributed by atoms with E-state index < -0.39 is 23.1 Å². The Morgan fingerprint density at radius 2 is 2.13 bits per heavy atom. The summed E-state index contributed by atoms with van der Waals surface area (Å²) < 4.78 is 43.0. The van der Waals surface area contributed by atoms with E-state index in [-0.39, 0.29) is 24.5 Å². The molecule has 0 N–H and O–H groups in total. The van der Waals surface area contributed by atoms with Gasteiger partial charge in [0.1, 0.15) is 6.10 Å². The van der Waals surface area contributed by atoms with Gasteiger partial charge in [-0.05, 0) is 31.4 Å². The molecule has 0 aromatic heterocycles. The zero-order valence-electron chi connectivity index (χ0n) is 12.3. The molecule has 0 bridgehead atoms. The second-order valence-electron chi connectivity index (χ2n) is 5.36. The van der Waals surface area contributed by atoms with E-state index in [0.29, 0.717) is 17.7 Å². The van der Waals surface area contributed by atoms with Crippen LogP contribution in [0.4, 0.5) is 18.9 Å². The van der Waals surface area contributed by atoms with Gasteiger partial charge in [0.05, 0.1) is 11.5 Å². The highest BCUT2D eigenvalue weighted by Crippen LogP contribution is 2.30. The summed E-state index contributed by atoms with van der Waals surface area (Å²) in [5.41, 5.74) is 0.472. The predicted octanol–water partition coefficient (Wildman–Crippen LogP) is 2.84. The van der Waals surface area contributed by atoms with Gasteiger partial charge < -0.3 is 9.64 Å². The highest BCUT2D eigenvalue weighted by Gasteiger charge is 2.44. The van der Waals surface area contributed by atoms with Gasteiger partial charge in [-0.25, -0.2) is 0 Å². The number of carbonyl (C=O) groups is 1. The van der Waals surface area contributed by atoms with Crippen LogP contribution in [0.25, 0.3) is 0 Å². The van der Waals surface area contributed by atoms with E-state index >= 15 is 0 Å². The van der Waals surface area contributed by atoms with Crippen LogP contribution in [-0.4, -0.2) is 41.1 Å². The van der Waals surface area contributed by atoms with Gasteiger partial charge in [0, 0.05) is 12.6 Å². The maximum absolute atomic E-state index is 12.5. The van der Waals surface area contributed by atoms with Crippen LogP contribution in [-0.2, 0) is 4.79 Å². The zero-order chi connectivity index (χ0) is 17.2. The smallest absolute Gasteiger partial charge is 0.471 e. The standard InChI is InChI=1S/C14H15F3N2O4/c1-9-4-5-11(19(21)22)12(7-9)23-10-3-2-6-18(8-10)13(20)14(15,16)17/h4-5,7,10H,2-3,6,8H2,1H3. The van der Waals surface area contributed by atoms with E-state index in [2.05, 4.69) is 0 Å². The number of benzene rings is 1. The molecule has 2 rings (SSSR count). The summed E-state index contributed by atoms with van der Waals surface area (Å²) in [6, 6.07) is 4.29. The molecule has 6 nitrogen and oxygen atoms in total. The number of alkyl halides is 3. The molecule has 1 fully saturated rings. The van der Waals surface area contributed by atoms with Crippen LogP contribution in [0.15, 0.2) is 18.2 Å². The van der Waals surface area contributed by atoms with Crippen molar-refractivity contribution in [2.75, 3.05) is 13.1 Å². The predicted molar refractivity (Wildman–Crippen MR) is 74.1 cm³/mol. The Hall–Kier alpha value is -2.32. The van der Waals surface area contributed by atoms with Crippen LogP contribution in [0.5, 0.6) is 5.75 Å². The third kappa shape index (κ3) is 4.11. The van der Waals surface area contributed by atoms with Crippen molar-refractivity contribution < 1.29 is 27.6 Å². The van der Waals surface area contributed by atoms with E-state index in [1.807, 2.05) is 0 Å². The Kier molecular flexibility index (Phi) is 4.76. The number of nitrogens with zero attached hydrogens (tertiary/aromatic N) is 2. The van der Waals surface area contributed by atoms with Crippen molar-refractivity contribution in [2.45, 2.75) is 32.0 Å². The number of aryl methyl sites for hydroxylation is 1. The molecular weight excluding hydrogens is 317 g/mol. The molecule has 1 heterocycles. The molecule has 1 aliphatic heterocycles. The lowest BCUT2D eigenvalue weighted by atomic mass is 10.1. The molecule has 0 aliphatic carbocycles. The molecule has 1 unspecified atom stereocenters. The van der Waals surface area contributed by atoms with Crippen LogP contribution in [0, 0.1) is 17.0 Å². The average Bonchev–Trinajstić information content (AvgIpc) is 2.45. The third-order valence-electron chi connectivity index (χ3n) is 3.51. The van der Waals surface area contributed by atoms with Crippen molar-refractivity contribution in [1.82, 2.24) is 4.90 Å². The molecule has 0 radical (unpaired) electrons. The minimum atomic E-state index is -4.93. The Labute approximate surface area is 130 Å². The molecule has 1 saturated heterocycles. The number of rotatable bonds is 3. The monoisotopic (exact) mass is 332 g/mol. The number of piperidine rings is 1. The Bertz CT molecular complexity index is 619. The summed E-state index contributed by atoms with van der Waals surface area (Å²) in [6.07, 6.45) is -4.88. The number of hydrogen-bond donors (Lipinski definition) is 0. The summed E-state index contributed by atoms with van der Waals surface area (Å²) in [6.45, 7) is 1.47. The van der Waals surface area contributed by atoms with Crippen molar-refractivity contribution in [3.05, 3.63) is 33.9 Å². The van der Waals surface area contributed by atoms with Gasteiger partial charge in [-0.3, -0.25) is 14.9 Å². The molecule has 9 heteroatoms. The quantitative estimate of drug-likeness (QED) is 0.630. The Morgan fingerprint density at radius 1 is 1.43 bits per heavy atom. The summed E-state index contributed by atoms with van der Waals surface area (Å²) in [5, 5.41) is 11.0. The second-order valence-corrected chi connectivity index (χ2v) is 5.36. The van der Waals surface area contributed by atoms with Gasteiger partial charge in [0.15, 0.2) is 5.75 Å². The van der Waals surface area contributed by atoms with Crippen molar-refractivity contribution in [3.8, 4) is 5.75 Å². The van der Waals surface area contributed by atoms with Gasteiger partial charge >= 0.3 is 17.8 Å². The SMILES string of the molecule is Cc1ccc([N+](=O)[O-])c(OC2CCCN(C(=O)C(F)(F)F)C2)c1. The van der Waals surface area contributed by atoms with Crippen molar-refractivity contribution in [3.63, 3.8) is 0 Å². The first kappa shape index (κ1) is 17.0. The van der Waals surface area contributed by atoms with E-state index in [9.17, 15) is 28.1 Å². The van der Waals surface area contributed by atoms with Crippen molar-refractivity contribution >= 4 is 11.6 Å². The van der Waals surface area contributed by atoms with Crippen molar-refractivity contribution in [2.24, 2.45) is 0 Å². The first-order chi connectivity index (χ1) is 10.7. The fourth-order valence-corrected chi connectivity index (χ4v) is 2.44. The Morgan fingerprint density at radius 3 is 2.74 bits per heavy atom. The first-order valence-electron chi connectivity index (χ1n) is 6.96. The van der Waals surface area contributed by atoms with Gasteiger partial charge in [-0.15, -0.1) is 0 Å². The molecule has 23 heavy (non-hydrogen) atoms. The molecule has 1 aliphatic rings. The van der Waals surface area contributed by atoms with Gasteiger partial charge in [-0.1, -0.05) is 6.07 Å². The first-order valence-corrected chi connectivity index (χ1v) is 6.96. The number of hydrogen-bond acceptors (Lipinski definition) is 4. The number of nitro groups is 1. The molecule has 0 spiro atoms. The van der Waals surface area contributed by atoms with E-state index in [1.54, 1.807) is 13.0 Å². The number of carbonyl (C=O) groups excluding carboxylic acids is 1. The number of ether oxygens (including phenoxy) is 1. The van der Waals surface area contributed by atoms with Crippen LogP contribution < -0.4 is 4.74 Å². The number of halogens is 3. The molecule has 1 aromatic carbocycles. The second kappa shape index (κ2) is 6.43.